The first-order valence-corrected chi connectivity index (χ1v) is 5.63. The number of hydrogen-bond donors (Lipinski definition) is 2. The summed E-state index contributed by atoms with van der Waals surface area (Å²) in [4.78, 5) is 15.3. The molecule has 1 rings (SSSR count). The quantitative estimate of drug-likeness (QED) is 0.693. The van der Waals surface area contributed by atoms with E-state index in [1.807, 2.05) is 0 Å². The molecule has 1 aromatic heterocycles. The first-order valence-electron chi connectivity index (χ1n) is 4.48. The summed E-state index contributed by atoms with van der Waals surface area (Å²) in [6.07, 6.45) is 0. The van der Waals surface area contributed by atoms with Crippen LogP contribution in [0.5, 0.6) is 0 Å². The van der Waals surface area contributed by atoms with Crippen molar-refractivity contribution >= 4 is 23.6 Å². The summed E-state index contributed by atoms with van der Waals surface area (Å²) in [5, 5.41) is 9.03. The normalized spacial score (nSPS) is 10.3. The molecule has 0 unspecified atom stereocenters. The van der Waals surface area contributed by atoms with Crippen molar-refractivity contribution in [1.82, 2.24) is 15.2 Å². The van der Waals surface area contributed by atoms with E-state index >= 15 is 0 Å². The highest BCUT2D eigenvalue weighted by Gasteiger charge is 2.05. The predicted octanol–water partition coefficient (Wildman–Crippen LogP) is 0.431. The number of carbonyl (C=O) groups excluding carboxylic acids is 1. The minimum atomic E-state index is -0.102. The maximum absolute atomic E-state index is 11.3. The highest BCUT2D eigenvalue weighted by molar-refractivity contribution is 7.99. The van der Waals surface area contributed by atoms with Crippen LogP contribution in [0.15, 0.2) is 0 Å². The van der Waals surface area contributed by atoms with Gasteiger partial charge in [-0.2, -0.15) is 4.98 Å². The fraction of sp³-hybridized carbons (Fsp3) is 0.625. The second kappa shape index (κ2) is 6.41. The summed E-state index contributed by atoms with van der Waals surface area (Å²) in [6.45, 7) is 2.42. The van der Waals surface area contributed by atoms with Gasteiger partial charge in [0.15, 0.2) is 0 Å². The molecule has 0 radical (unpaired) electrons. The third-order valence-corrected chi connectivity index (χ3v) is 2.44. The monoisotopic (exact) mass is 230 g/mol. The number of thioether (sulfide) groups is 1. The van der Waals surface area contributed by atoms with Crippen LogP contribution in [0.4, 0.5) is 5.95 Å². The number of rotatable bonds is 6. The lowest BCUT2D eigenvalue weighted by atomic mass is 10.7. The van der Waals surface area contributed by atoms with Crippen LogP contribution in [0.2, 0.25) is 0 Å². The Morgan fingerprint density at radius 3 is 3.07 bits per heavy atom. The van der Waals surface area contributed by atoms with Gasteiger partial charge < -0.3 is 4.74 Å². The summed E-state index contributed by atoms with van der Waals surface area (Å²) in [5.41, 5.74) is 0. The molecule has 6 nitrogen and oxygen atoms in total. The maximum Gasteiger partial charge on any atom is 0.248 e. The Hall–Kier alpha value is -1.08. The Kier molecular flexibility index (Phi) is 5.13. The van der Waals surface area contributed by atoms with Crippen molar-refractivity contribution in [3.8, 4) is 0 Å². The molecule has 0 aromatic carbocycles. The summed E-state index contributed by atoms with van der Waals surface area (Å²) in [6, 6.07) is 0. The number of aryl methyl sites for hydroxylation is 1. The molecule has 0 spiro atoms. The third kappa shape index (κ3) is 4.80. The molecule has 15 heavy (non-hydrogen) atoms. The molecule has 84 valence electrons. The molecule has 1 aromatic rings. The standard InChI is InChI=1S/C8H14N4O2S/c1-6-9-8(12-11-6)10-7(13)5-15-4-3-14-2/h3-5H2,1-2H3,(H2,9,10,11,12,13). The average molecular weight is 230 g/mol. The predicted molar refractivity (Wildman–Crippen MR) is 59.0 cm³/mol. The number of anilines is 1. The lowest BCUT2D eigenvalue weighted by Crippen LogP contribution is -2.15. The van der Waals surface area contributed by atoms with Gasteiger partial charge in [0, 0.05) is 12.9 Å². The summed E-state index contributed by atoms with van der Waals surface area (Å²) >= 11 is 1.51. The van der Waals surface area contributed by atoms with Gasteiger partial charge in [-0.1, -0.05) is 0 Å². The Labute approximate surface area is 92.2 Å². The fourth-order valence-electron chi connectivity index (χ4n) is 0.867. The van der Waals surface area contributed by atoms with E-state index in [9.17, 15) is 4.79 Å². The first-order chi connectivity index (χ1) is 7.22. The van der Waals surface area contributed by atoms with Gasteiger partial charge in [-0.25, -0.2) is 0 Å². The highest BCUT2D eigenvalue weighted by Crippen LogP contribution is 2.02. The Balaban J connectivity index is 2.18. The van der Waals surface area contributed by atoms with Crippen LogP contribution in [0.1, 0.15) is 5.82 Å². The third-order valence-electron chi connectivity index (χ3n) is 1.51. The molecule has 0 aliphatic carbocycles. The van der Waals surface area contributed by atoms with E-state index in [1.165, 1.54) is 11.8 Å². The molecular weight excluding hydrogens is 216 g/mol. The van der Waals surface area contributed by atoms with Gasteiger partial charge in [-0.3, -0.25) is 15.2 Å². The zero-order chi connectivity index (χ0) is 11.1. The lowest BCUT2D eigenvalue weighted by molar-refractivity contribution is -0.113. The molecule has 0 saturated heterocycles. The number of carbonyl (C=O) groups is 1. The number of aromatic nitrogens is 3. The topological polar surface area (TPSA) is 79.9 Å². The summed E-state index contributed by atoms with van der Waals surface area (Å²) < 4.78 is 4.86. The van der Waals surface area contributed by atoms with Crippen molar-refractivity contribution in [3.63, 3.8) is 0 Å². The van der Waals surface area contributed by atoms with E-state index in [4.69, 9.17) is 4.74 Å². The number of H-pyrrole nitrogens is 1. The maximum atomic E-state index is 11.3. The van der Waals surface area contributed by atoms with Crippen LogP contribution in [0.25, 0.3) is 0 Å². The molecule has 7 heteroatoms. The van der Waals surface area contributed by atoms with Gasteiger partial charge in [-0.15, -0.1) is 16.9 Å². The number of nitrogens with zero attached hydrogens (tertiary/aromatic N) is 2. The van der Waals surface area contributed by atoms with Crippen molar-refractivity contribution in [2.45, 2.75) is 6.92 Å². The molecule has 2 N–H and O–H groups in total. The van der Waals surface area contributed by atoms with Gasteiger partial charge in [0.25, 0.3) is 0 Å². The van der Waals surface area contributed by atoms with E-state index in [0.29, 0.717) is 24.1 Å². The molecule has 0 saturated carbocycles. The van der Waals surface area contributed by atoms with Gasteiger partial charge in [0.2, 0.25) is 11.9 Å². The zero-order valence-corrected chi connectivity index (χ0v) is 9.56. The van der Waals surface area contributed by atoms with Crippen molar-refractivity contribution in [1.29, 1.82) is 0 Å². The Bertz CT molecular complexity index is 315. The van der Waals surface area contributed by atoms with Crippen LogP contribution < -0.4 is 5.32 Å². The molecular formula is C8H14N4O2S. The largest absolute Gasteiger partial charge is 0.384 e. The first kappa shape index (κ1) is 12.0. The second-order valence-electron chi connectivity index (χ2n) is 2.84. The fourth-order valence-corrected chi connectivity index (χ4v) is 1.55. The van der Waals surface area contributed by atoms with Crippen LogP contribution in [0, 0.1) is 6.92 Å². The molecule has 0 atom stereocenters. The van der Waals surface area contributed by atoms with Crippen LogP contribution in [-0.2, 0) is 9.53 Å². The van der Waals surface area contributed by atoms with Crippen molar-refractivity contribution in [2.24, 2.45) is 0 Å². The van der Waals surface area contributed by atoms with Crippen molar-refractivity contribution < 1.29 is 9.53 Å². The molecule has 0 bridgehead atoms. The minimum Gasteiger partial charge on any atom is -0.384 e. The van der Waals surface area contributed by atoms with Gasteiger partial charge >= 0.3 is 0 Å². The van der Waals surface area contributed by atoms with E-state index in [-0.39, 0.29) is 5.91 Å². The molecule has 1 heterocycles. The van der Waals surface area contributed by atoms with E-state index < -0.39 is 0 Å². The second-order valence-corrected chi connectivity index (χ2v) is 3.94. The smallest absolute Gasteiger partial charge is 0.248 e. The average Bonchev–Trinajstić information content (AvgIpc) is 2.59. The van der Waals surface area contributed by atoms with Crippen molar-refractivity contribution in [3.05, 3.63) is 5.82 Å². The number of methoxy groups -OCH3 is 1. The van der Waals surface area contributed by atoms with E-state index in [1.54, 1.807) is 14.0 Å². The lowest BCUT2D eigenvalue weighted by Gasteiger charge is -2.00. The number of hydrogen-bond acceptors (Lipinski definition) is 5. The zero-order valence-electron chi connectivity index (χ0n) is 8.74. The van der Waals surface area contributed by atoms with E-state index in [0.717, 1.165) is 5.75 Å². The number of ether oxygens (including phenoxy) is 1. The molecule has 0 aliphatic heterocycles. The summed E-state index contributed by atoms with van der Waals surface area (Å²) in [5.74, 6) is 2.09. The number of amides is 1. The van der Waals surface area contributed by atoms with Crippen molar-refractivity contribution in [2.75, 3.05) is 30.5 Å². The van der Waals surface area contributed by atoms with Crippen LogP contribution in [-0.4, -0.2) is 46.3 Å². The SMILES string of the molecule is COCCSCC(=O)Nc1n[nH]c(C)n1. The molecule has 0 aliphatic rings. The Morgan fingerprint density at radius 2 is 2.47 bits per heavy atom. The minimum absolute atomic E-state index is 0.102. The number of aromatic amines is 1. The highest BCUT2D eigenvalue weighted by atomic mass is 32.2. The molecule has 0 fully saturated rings. The Morgan fingerprint density at radius 1 is 1.67 bits per heavy atom. The summed E-state index contributed by atoms with van der Waals surface area (Å²) in [7, 11) is 1.64. The van der Waals surface area contributed by atoms with Gasteiger partial charge in [0.1, 0.15) is 5.82 Å². The van der Waals surface area contributed by atoms with Gasteiger partial charge in [-0.05, 0) is 6.92 Å². The van der Waals surface area contributed by atoms with Gasteiger partial charge in [0.05, 0.1) is 12.4 Å². The number of nitrogens with one attached hydrogen (secondary N) is 2. The van der Waals surface area contributed by atoms with Crippen LogP contribution >= 0.6 is 11.8 Å². The molecule has 1 amide bonds. The van der Waals surface area contributed by atoms with Crippen LogP contribution in [0.3, 0.4) is 0 Å². The van der Waals surface area contributed by atoms with E-state index in [2.05, 4.69) is 20.5 Å².